The summed E-state index contributed by atoms with van der Waals surface area (Å²) in [6.45, 7) is 5.36. The van der Waals surface area contributed by atoms with Crippen LogP contribution in [0, 0.1) is 0 Å². The summed E-state index contributed by atoms with van der Waals surface area (Å²) in [4.78, 5) is 4.10. The second-order valence-corrected chi connectivity index (χ2v) is 5.30. The highest BCUT2D eigenvalue weighted by Gasteiger charge is 2.06. The maximum atomic E-state index is 6.23. The highest BCUT2D eigenvalue weighted by molar-refractivity contribution is 6.32. The zero-order valence-electron chi connectivity index (χ0n) is 11.9. The lowest BCUT2D eigenvalue weighted by Gasteiger charge is -2.11. The lowest BCUT2D eigenvalue weighted by molar-refractivity contribution is 0.290. The maximum absolute atomic E-state index is 6.23. The molecular formula is C14H19ClN4O. The monoisotopic (exact) mass is 294 g/mol. The molecule has 0 aliphatic rings. The average molecular weight is 295 g/mol. The van der Waals surface area contributed by atoms with Gasteiger partial charge < -0.3 is 10.1 Å². The van der Waals surface area contributed by atoms with Crippen molar-refractivity contribution in [3.63, 3.8) is 0 Å². The molecule has 6 heteroatoms. The Hall–Kier alpha value is -1.59. The molecule has 0 aliphatic heterocycles. The van der Waals surface area contributed by atoms with E-state index in [-0.39, 0.29) is 0 Å². The van der Waals surface area contributed by atoms with Crippen LogP contribution >= 0.6 is 11.6 Å². The van der Waals surface area contributed by atoms with Crippen LogP contribution in [0.15, 0.2) is 24.5 Å². The van der Waals surface area contributed by atoms with Crippen molar-refractivity contribution in [2.75, 3.05) is 0 Å². The molecule has 1 aromatic carbocycles. The first kappa shape index (κ1) is 14.8. The largest absolute Gasteiger partial charge is 0.484 e. The number of aryl methyl sites for hydroxylation is 1. The molecule has 0 saturated heterocycles. The van der Waals surface area contributed by atoms with E-state index in [1.54, 1.807) is 4.68 Å². The summed E-state index contributed by atoms with van der Waals surface area (Å²) in [6, 6.07) is 6.26. The van der Waals surface area contributed by atoms with Crippen LogP contribution in [0.5, 0.6) is 5.75 Å². The smallest absolute Gasteiger partial charge is 0.164 e. The van der Waals surface area contributed by atoms with Crippen LogP contribution in [-0.4, -0.2) is 20.8 Å². The predicted molar refractivity (Wildman–Crippen MR) is 78.8 cm³/mol. The molecule has 1 aromatic heterocycles. The Balaban J connectivity index is 1.97. The van der Waals surface area contributed by atoms with Gasteiger partial charge in [0.25, 0.3) is 0 Å². The minimum Gasteiger partial charge on any atom is -0.484 e. The number of nitrogens with zero attached hydrogens (tertiary/aromatic N) is 3. The number of ether oxygens (including phenoxy) is 1. The summed E-state index contributed by atoms with van der Waals surface area (Å²) in [7, 11) is 1.83. The van der Waals surface area contributed by atoms with E-state index in [0.29, 0.717) is 23.4 Å². The molecule has 20 heavy (non-hydrogen) atoms. The molecule has 1 heterocycles. The third-order valence-corrected chi connectivity index (χ3v) is 3.17. The fraction of sp³-hybridized carbons (Fsp3) is 0.429. The van der Waals surface area contributed by atoms with Gasteiger partial charge in [-0.25, -0.2) is 4.98 Å². The highest BCUT2D eigenvalue weighted by Crippen LogP contribution is 2.26. The summed E-state index contributed by atoms with van der Waals surface area (Å²) < 4.78 is 7.34. The zero-order valence-corrected chi connectivity index (χ0v) is 12.7. The Morgan fingerprint density at radius 1 is 1.40 bits per heavy atom. The summed E-state index contributed by atoms with van der Waals surface area (Å²) in [5.41, 5.74) is 1.13. The van der Waals surface area contributed by atoms with E-state index >= 15 is 0 Å². The number of halogens is 1. The molecule has 5 nitrogen and oxygen atoms in total. The average Bonchev–Trinajstić information content (AvgIpc) is 2.81. The number of hydrogen-bond acceptors (Lipinski definition) is 4. The molecule has 0 radical (unpaired) electrons. The van der Waals surface area contributed by atoms with Gasteiger partial charge in [0, 0.05) is 19.6 Å². The fourth-order valence-electron chi connectivity index (χ4n) is 1.69. The summed E-state index contributed by atoms with van der Waals surface area (Å²) in [5, 5.41) is 7.95. The molecule has 1 N–H and O–H groups in total. The van der Waals surface area contributed by atoms with Gasteiger partial charge >= 0.3 is 0 Å². The Labute approximate surface area is 123 Å². The number of benzene rings is 1. The van der Waals surface area contributed by atoms with Crippen molar-refractivity contribution in [3.05, 3.63) is 40.9 Å². The van der Waals surface area contributed by atoms with E-state index in [2.05, 4.69) is 29.2 Å². The van der Waals surface area contributed by atoms with Crippen LogP contribution in [0.4, 0.5) is 0 Å². The summed E-state index contributed by atoms with van der Waals surface area (Å²) >= 11 is 6.23. The number of nitrogens with one attached hydrogen (secondary N) is 1. The molecule has 0 fully saturated rings. The van der Waals surface area contributed by atoms with Crippen LogP contribution in [0.25, 0.3) is 0 Å². The first-order valence-corrected chi connectivity index (χ1v) is 6.91. The molecule has 0 aliphatic carbocycles. The lowest BCUT2D eigenvalue weighted by atomic mass is 10.2. The minimum atomic E-state index is 0.347. The highest BCUT2D eigenvalue weighted by atomic mass is 35.5. The van der Waals surface area contributed by atoms with Crippen molar-refractivity contribution in [3.8, 4) is 5.75 Å². The summed E-state index contributed by atoms with van der Waals surface area (Å²) in [6.07, 6.45) is 1.50. The van der Waals surface area contributed by atoms with E-state index in [1.807, 2.05) is 25.2 Å². The van der Waals surface area contributed by atoms with Gasteiger partial charge in [-0.3, -0.25) is 4.68 Å². The fourth-order valence-corrected chi connectivity index (χ4v) is 1.94. The van der Waals surface area contributed by atoms with Crippen molar-refractivity contribution < 1.29 is 4.74 Å². The van der Waals surface area contributed by atoms with Gasteiger partial charge in [-0.15, -0.1) is 0 Å². The van der Waals surface area contributed by atoms with Gasteiger partial charge in [0.2, 0.25) is 0 Å². The maximum Gasteiger partial charge on any atom is 0.164 e. The first-order valence-electron chi connectivity index (χ1n) is 6.53. The SMILES string of the molecule is CC(C)NCc1ccc(OCc2ncnn2C)c(Cl)c1. The predicted octanol–water partition coefficient (Wildman–Crippen LogP) is 2.55. The van der Waals surface area contributed by atoms with Gasteiger partial charge in [0.1, 0.15) is 18.7 Å². The van der Waals surface area contributed by atoms with E-state index in [4.69, 9.17) is 16.3 Å². The molecule has 0 bridgehead atoms. The molecule has 2 aromatic rings. The molecule has 0 atom stereocenters. The van der Waals surface area contributed by atoms with Crippen molar-refractivity contribution in [1.29, 1.82) is 0 Å². The molecule has 2 rings (SSSR count). The Morgan fingerprint density at radius 3 is 2.80 bits per heavy atom. The van der Waals surface area contributed by atoms with Crippen molar-refractivity contribution in [2.24, 2.45) is 7.05 Å². The molecule has 0 unspecified atom stereocenters. The van der Waals surface area contributed by atoms with Crippen LogP contribution in [-0.2, 0) is 20.2 Å². The van der Waals surface area contributed by atoms with E-state index in [1.165, 1.54) is 6.33 Å². The molecule has 0 saturated carbocycles. The second-order valence-electron chi connectivity index (χ2n) is 4.89. The van der Waals surface area contributed by atoms with Crippen LogP contribution in [0.2, 0.25) is 5.02 Å². The normalized spacial score (nSPS) is 11.1. The second kappa shape index (κ2) is 6.72. The van der Waals surface area contributed by atoms with Gasteiger partial charge in [0.05, 0.1) is 5.02 Å². The van der Waals surface area contributed by atoms with Crippen molar-refractivity contribution in [1.82, 2.24) is 20.1 Å². The van der Waals surface area contributed by atoms with Crippen LogP contribution in [0.3, 0.4) is 0 Å². The minimum absolute atomic E-state index is 0.347. The van der Waals surface area contributed by atoms with Gasteiger partial charge in [-0.1, -0.05) is 31.5 Å². The summed E-state index contributed by atoms with van der Waals surface area (Å²) in [5.74, 6) is 1.41. The van der Waals surface area contributed by atoms with E-state index in [0.717, 1.165) is 17.9 Å². The molecule has 108 valence electrons. The van der Waals surface area contributed by atoms with Gasteiger partial charge in [0.15, 0.2) is 5.82 Å². The van der Waals surface area contributed by atoms with Crippen LogP contribution in [0.1, 0.15) is 25.2 Å². The molecule has 0 amide bonds. The first-order chi connectivity index (χ1) is 9.56. The van der Waals surface area contributed by atoms with E-state index in [9.17, 15) is 0 Å². The number of aromatic nitrogens is 3. The Kier molecular flexibility index (Phi) is 4.98. The Morgan fingerprint density at radius 2 is 2.20 bits per heavy atom. The molecule has 0 spiro atoms. The zero-order chi connectivity index (χ0) is 14.5. The third kappa shape index (κ3) is 3.95. The van der Waals surface area contributed by atoms with Gasteiger partial charge in [-0.05, 0) is 17.7 Å². The van der Waals surface area contributed by atoms with Crippen molar-refractivity contribution >= 4 is 11.6 Å². The Bertz CT molecular complexity index is 568. The quantitative estimate of drug-likeness (QED) is 0.889. The number of rotatable bonds is 6. The van der Waals surface area contributed by atoms with Crippen molar-refractivity contribution in [2.45, 2.75) is 33.0 Å². The van der Waals surface area contributed by atoms with Gasteiger partial charge in [-0.2, -0.15) is 5.10 Å². The molecular weight excluding hydrogens is 276 g/mol. The van der Waals surface area contributed by atoms with Crippen LogP contribution < -0.4 is 10.1 Å². The van der Waals surface area contributed by atoms with E-state index < -0.39 is 0 Å². The topological polar surface area (TPSA) is 52.0 Å². The standard InChI is InChI=1S/C14H19ClN4O/c1-10(2)16-7-11-4-5-13(12(15)6-11)20-8-14-17-9-18-19(14)3/h4-6,9-10,16H,7-8H2,1-3H3. The third-order valence-electron chi connectivity index (χ3n) is 2.87. The number of hydrogen-bond donors (Lipinski definition) is 1. The lowest BCUT2D eigenvalue weighted by Crippen LogP contribution is -2.21.